The third kappa shape index (κ3) is 5.27. The summed E-state index contributed by atoms with van der Waals surface area (Å²) in [6.45, 7) is 7.72. The minimum atomic E-state index is -0.140. The molecule has 33 heavy (non-hydrogen) atoms. The van der Waals surface area contributed by atoms with Crippen LogP contribution >= 0.6 is 11.8 Å². The monoisotopic (exact) mass is 468 g/mol. The highest BCUT2D eigenvalue weighted by Gasteiger charge is 2.28. The molecule has 3 heterocycles. The molecule has 3 aromatic rings. The van der Waals surface area contributed by atoms with Gasteiger partial charge in [0.25, 0.3) is 0 Å². The summed E-state index contributed by atoms with van der Waals surface area (Å²) >= 11 is 1.41. The lowest BCUT2D eigenvalue weighted by Crippen LogP contribution is -2.42. The van der Waals surface area contributed by atoms with Crippen LogP contribution in [0, 0.1) is 19.8 Å². The molecule has 1 saturated heterocycles. The minimum absolute atomic E-state index is 0.0501. The first kappa shape index (κ1) is 23.0. The molecule has 9 nitrogen and oxygen atoms in total. The number of hydrogen-bond donors (Lipinski definition) is 1. The standard InChI is InChI=1S/C23H28N6O3S/c1-4-29-21(18-8-6-5-7-15(18)2)25-26-23(29)33-14-20(30)28-11-9-17(10-12-28)22(31)24-19-13-16(3)32-27-19/h5-8,13,17H,4,9-12,14H2,1-3H3,(H,24,27,31). The van der Waals surface area contributed by atoms with Gasteiger partial charge in [0, 0.05) is 37.2 Å². The fraction of sp³-hybridized carbons (Fsp3) is 0.435. The van der Waals surface area contributed by atoms with Crippen LogP contribution in [0.1, 0.15) is 31.1 Å². The first-order chi connectivity index (χ1) is 16.0. The highest BCUT2D eigenvalue weighted by Crippen LogP contribution is 2.27. The normalized spacial score (nSPS) is 14.5. The van der Waals surface area contributed by atoms with E-state index in [4.69, 9.17) is 4.52 Å². The zero-order chi connectivity index (χ0) is 23.4. The number of thioether (sulfide) groups is 1. The maximum absolute atomic E-state index is 12.8. The molecule has 0 bridgehead atoms. The van der Waals surface area contributed by atoms with E-state index in [1.165, 1.54) is 11.8 Å². The molecule has 0 unspecified atom stereocenters. The van der Waals surface area contributed by atoms with Gasteiger partial charge in [0.2, 0.25) is 11.8 Å². The number of carbonyl (C=O) groups excluding carboxylic acids is 2. The Hall–Kier alpha value is -3.14. The molecule has 1 fully saturated rings. The first-order valence-corrected chi connectivity index (χ1v) is 12.1. The van der Waals surface area contributed by atoms with E-state index in [1.54, 1.807) is 13.0 Å². The zero-order valence-electron chi connectivity index (χ0n) is 19.1. The number of aryl methyl sites for hydroxylation is 2. The van der Waals surface area contributed by atoms with Crippen LogP contribution in [0.3, 0.4) is 0 Å². The summed E-state index contributed by atoms with van der Waals surface area (Å²) in [5, 5.41) is 16.0. The average Bonchev–Trinajstić information content (AvgIpc) is 3.43. The molecule has 1 aromatic carbocycles. The topological polar surface area (TPSA) is 106 Å². The van der Waals surface area contributed by atoms with Crippen molar-refractivity contribution in [3.8, 4) is 11.4 Å². The largest absolute Gasteiger partial charge is 0.360 e. The van der Waals surface area contributed by atoms with E-state index in [2.05, 4.69) is 33.7 Å². The number of likely N-dealkylation sites (tertiary alicyclic amines) is 1. The van der Waals surface area contributed by atoms with E-state index in [0.29, 0.717) is 43.3 Å². The van der Waals surface area contributed by atoms with E-state index in [1.807, 2.05) is 34.6 Å². The van der Waals surface area contributed by atoms with E-state index < -0.39 is 0 Å². The van der Waals surface area contributed by atoms with Gasteiger partial charge in [-0.2, -0.15) is 0 Å². The summed E-state index contributed by atoms with van der Waals surface area (Å²) in [5.74, 6) is 2.02. The van der Waals surface area contributed by atoms with Crippen LogP contribution in [-0.4, -0.2) is 55.5 Å². The summed E-state index contributed by atoms with van der Waals surface area (Å²) in [7, 11) is 0. The van der Waals surface area contributed by atoms with Gasteiger partial charge in [0.05, 0.1) is 5.75 Å². The van der Waals surface area contributed by atoms with Crippen LogP contribution < -0.4 is 5.32 Å². The van der Waals surface area contributed by atoms with Crippen LogP contribution in [0.15, 0.2) is 40.0 Å². The third-order valence-corrected chi connectivity index (χ3v) is 6.79. The number of piperidine rings is 1. The maximum Gasteiger partial charge on any atom is 0.233 e. The second kappa shape index (κ2) is 10.2. The Morgan fingerprint density at radius 1 is 1.18 bits per heavy atom. The van der Waals surface area contributed by atoms with Crippen LogP contribution in [0.2, 0.25) is 0 Å². The number of benzene rings is 1. The molecule has 1 aliphatic rings. The van der Waals surface area contributed by atoms with E-state index in [9.17, 15) is 9.59 Å². The fourth-order valence-corrected chi connectivity index (χ4v) is 4.87. The molecule has 2 aromatic heterocycles. The lowest BCUT2D eigenvalue weighted by Gasteiger charge is -2.31. The molecule has 1 N–H and O–H groups in total. The number of amides is 2. The van der Waals surface area contributed by atoms with Crippen LogP contribution in [0.25, 0.3) is 11.4 Å². The number of nitrogens with zero attached hydrogens (tertiary/aromatic N) is 5. The fourth-order valence-electron chi connectivity index (χ4n) is 3.97. The molecular weight excluding hydrogens is 440 g/mol. The Balaban J connectivity index is 1.30. The Bertz CT molecular complexity index is 1130. The van der Waals surface area contributed by atoms with E-state index >= 15 is 0 Å². The van der Waals surface area contributed by atoms with Crippen molar-refractivity contribution in [2.45, 2.75) is 45.3 Å². The van der Waals surface area contributed by atoms with Gasteiger partial charge in [0.15, 0.2) is 16.8 Å². The Morgan fingerprint density at radius 3 is 2.61 bits per heavy atom. The lowest BCUT2D eigenvalue weighted by atomic mass is 9.96. The molecule has 1 aliphatic heterocycles. The van der Waals surface area contributed by atoms with Gasteiger partial charge in [-0.1, -0.05) is 41.2 Å². The summed E-state index contributed by atoms with van der Waals surface area (Å²) in [4.78, 5) is 27.1. The third-order valence-electron chi connectivity index (χ3n) is 5.84. The molecular formula is C23H28N6O3S. The predicted molar refractivity (Wildman–Crippen MR) is 126 cm³/mol. The number of anilines is 1. The number of hydrogen-bond acceptors (Lipinski definition) is 7. The highest BCUT2D eigenvalue weighted by atomic mass is 32.2. The highest BCUT2D eigenvalue weighted by molar-refractivity contribution is 7.99. The van der Waals surface area contributed by atoms with Gasteiger partial charge in [-0.25, -0.2) is 0 Å². The first-order valence-electron chi connectivity index (χ1n) is 11.1. The zero-order valence-corrected chi connectivity index (χ0v) is 19.9. The quantitative estimate of drug-likeness (QED) is 0.529. The SMILES string of the molecule is CCn1c(SCC(=O)N2CCC(C(=O)Nc3cc(C)on3)CC2)nnc1-c1ccccc1C. The van der Waals surface area contributed by atoms with Gasteiger partial charge >= 0.3 is 0 Å². The van der Waals surface area contributed by atoms with Gasteiger partial charge in [0.1, 0.15) is 5.76 Å². The number of nitrogens with one attached hydrogen (secondary N) is 1. The van der Waals surface area contributed by atoms with Crippen LogP contribution in [-0.2, 0) is 16.1 Å². The molecule has 2 amide bonds. The van der Waals surface area contributed by atoms with Gasteiger partial charge < -0.3 is 19.3 Å². The van der Waals surface area contributed by atoms with Crippen molar-refractivity contribution in [1.82, 2.24) is 24.8 Å². The summed E-state index contributed by atoms with van der Waals surface area (Å²) in [6, 6.07) is 9.77. The Morgan fingerprint density at radius 2 is 1.94 bits per heavy atom. The van der Waals surface area contributed by atoms with Gasteiger partial charge in [-0.15, -0.1) is 10.2 Å². The van der Waals surface area contributed by atoms with Crippen LogP contribution in [0.4, 0.5) is 5.82 Å². The number of carbonyl (C=O) groups is 2. The maximum atomic E-state index is 12.8. The molecule has 10 heteroatoms. The van der Waals surface area contributed by atoms with Crippen molar-refractivity contribution in [1.29, 1.82) is 0 Å². The number of aromatic nitrogens is 4. The van der Waals surface area contributed by atoms with Crippen LogP contribution in [0.5, 0.6) is 0 Å². The van der Waals surface area contributed by atoms with Crippen molar-refractivity contribution in [2.24, 2.45) is 5.92 Å². The summed E-state index contributed by atoms with van der Waals surface area (Å²) < 4.78 is 7.03. The average molecular weight is 469 g/mol. The minimum Gasteiger partial charge on any atom is -0.360 e. The smallest absolute Gasteiger partial charge is 0.233 e. The summed E-state index contributed by atoms with van der Waals surface area (Å²) in [6.07, 6.45) is 1.25. The molecule has 0 atom stereocenters. The second-order valence-corrected chi connectivity index (χ2v) is 9.06. The van der Waals surface area contributed by atoms with Crippen molar-refractivity contribution < 1.29 is 14.1 Å². The molecule has 4 rings (SSSR count). The van der Waals surface area contributed by atoms with Crippen molar-refractivity contribution in [2.75, 3.05) is 24.2 Å². The molecule has 174 valence electrons. The van der Waals surface area contributed by atoms with Gasteiger partial charge in [-0.3, -0.25) is 9.59 Å². The molecule has 0 spiro atoms. The predicted octanol–water partition coefficient (Wildman–Crippen LogP) is 3.54. The van der Waals surface area contributed by atoms with Crippen molar-refractivity contribution in [3.63, 3.8) is 0 Å². The second-order valence-electron chi connectivity index (χ2n) is 8.12. The Labute approximate surface area is 196 Å². The van der Waals surface area contributed by atoms with Crippen molar-refractivity contribution in [3.05, 3.63) is 41.7 Å². The van der Waals surface area contributed by atoms with Crippen molar-refractivity contribution >= 4 is 29.4 Å². The molecule has 0 aliphatic carbocycles. The van der Waals surface area contributed by atoms with E-state index in [0.717, 1.165) is 28.7 Å². The molecule has 0 radical (unpaired) electrons. The summed E-state index contributed by atoms with van der Waals surface area (Å²) in [5.41, 5.74) is 2.18. The molecule has 0 saturated carbocycles. The van der Waals surface area contributed by atoms with E-state index in [-0.39, 0.29) is 17.7 Å². The Kier molecular flexibility index (Phi) is 7.12. The lowest BCUT2D eigenvalue weighted by molar-refractivity contribution is -0.132. The number of rotatable bonds is 7. The van der Waals surface area contributed by atoms with Gasteiger partial charge in [-0.05, 0) is 39.2 Å².